The summed E-state index contributed by atoms with van der Waals surface area (Å²) in [6.07, 6.45) is 7.33. The number of ether oxygens (including phenoxy) is 1. The molecule has 1 fully saturated rings. The van der Waals surface area contributed by atoms with E-state index in [9.17, 15) is 0 Å². The Morgan fingerprint density at radius 3 is 2.77 bits per heavy atom. The molecule has 0 aliphatic carbocycles. The molecule has 1 saturated heterocycles. The number of pyridine rings is 1. The minimum atomic E-state index is 0.215. The fraction of sp³-hybridized carbons (Fsp3) is 0.381. The molecule has 0 aromatic carbocycles. The second-order valence-corrected chi connectivity index (χ2v) is 7.32. The van der Waals surface area contributed by atoms with Crippen LogP contribution in [0.25, 0.3) is 0 Å². The number of anilines is 2. The first-order valence-corrected chi connectivity index (χ1v) is 9.84. The molecule has 4 rings (SSSR count). The Bertz CT molecular complexity index is 1050. The van der Waals surface area contributed by atoms with E-state index >= 15 is 0 Å². The van der Waals surface area contributed by atoms with Gasteiger partial charge in [0, 0.05) is 13.6 Å². The minimum absolute atomic E-state index is 0.215. The molecule has 0 amide bonds. The number of hydrogen-bond acceptors (Lipinski definition) is 8. The number of nitriles is 1. The topological polar surface area (TPSA) is 105 Å². The molecule has 3 aromatic heterocycles. The number of methoxy groups -OCH3 is 1. The van der Waals surface area contributed by atoms with E-state index in [1.54, 1.807) is 36.3 Å². The summed E-state index contributed by atoms with van der Waals surface area (Å²) in [4.78, 5) is 15.6. The lowest BCUT2D eigenvalue weighted by atomic mass is 10.1. The van der Waals surface area contributed by atoms with E-state index in [0.29, 0.717) is 11.5 Å². The average molecular weight is 404 g/mol. The summed E-state index contributed by atoms with van der Waals surface area (Å²) in [7, 11) is 3.58. The van der Waals surface area contributed by atoms with Gasteiger partial charge in [-0.15, -0.1) is 0 Å². The van der Waals surface area contributed by atoms with Gasteiger partial charge in [-0.2, -0.15) is 10.4 Å². The van der Waals surface area contributed by atoms with Crippen LogP contribution in [-0.2, 0) is 13.6 Å². The van der Waals surface area contributed by atoms with E-state index in [-0.39, 0.29) is 6.04 Å². The predicted molar refractivity (Wildman–Crippen MR) is 111 cm³/mol. The van der Waals surface area contributed by atoms with Crippen molar-refractivity contribution in [1.82, 2.24) is 29.6 Å². The Balaban J connectivity index is 1.47. The van der Waals surface area contributed by atoms with Crippen molar-refractivity contribution in [2.24, 2.45) is 7.05 Å². The maximum Gasteiger partial charge on any atom is 0.216 e. The second kappa shape index (κ2) is 8.47. The van der Waals surface area contributed by atoms with Gasteiger partial charge in [0.05, 0.1) is 54.4 Å². The van der Waals surface area contributed by atoms with Crippen molar-refractivity contribution in [1.29, 1.82) is 5.26 Å². The molecular weight excluding hydrogens is 380 g/mol. The maximum atomic E-state index is 8.84. The Hall–Kier alpha value is -3.51. The molecule has 0 saturated carbocycles. The normalized spacial score (nSPS) is 16.4. The van der Waals surface area contributed by atoms with Gasteiger partial charge in [0.25, 0.3) is 0 Å². The molecule has 1 atom stereocenters. The summed E-state index contributed by atoms with van der Waals surface area (Å²) >= 11 is 0. The van der Waals surface area contributed by atoms with Crippen molar-refractivity contribution in [3.05, 3.63) is 53.4 Å². The van der Waals surface area contributed by atoms with Gasteiger partial charge in [0.1, 0.15) is 17.6 Å². The molecule has 9 heteroatoms. The fourth-order valence-corrected chi connectivity index (χ4v) is 3.93. The summed E-state index contributed by atoms with van der Waals surface area (Å²) in [5.74, 6) is 1.44. The number of nitrogens with zero attached hydrogens (tertiary/aromatic N) is 7. The van der Waals surface area contributed by atoms with Gasteiger partial charge in [-0.1, -0.05) is 0 Å². The van der Waals surface area contributed by atoms with Crippen molar-refractivity contribution in [2.75, 3.05) is 19.0 Å². The van der Waals surface area contributed by atoms with Gasteiger partial charge in [-0.3, -0.25) is 9.88 Å². The highest BCUT2D eigenvalue weighted by Crippen LogP contribution is 2.34. The van der Waals surface area contributed by atoms with Crippen molar-refractivity contribution in [3.63, 3.8) is 0 Å². The van der Waals surface area contributed by atoms with Crippen molar-refractivity contribution < 1.29 is 4.74 Å². The second-order valence-electron chi connectivity index (χ2n) is 7.32. The predicted octanol–water partition coefficient (Wildman–Crippen LogP) is 2.87. The molecule has 0 radical (unpaired) electrons. The molecule has 1 N–H and O–H groups in total. The van der Waals surface area contributed by atoms with E-state index in [4.69, 9.17) is 10.00 Å². The van der Waals surface area contributed by atoms with Crippen LogP contribution in [0.5, 0.6) is 5.88 Å². The van der Waals surface area contributed by atoms with Crippen LogP contribution >= 0.6 is 0 Å². The van der Waals surface area contributed by atoms with Crippen LogP contribution in [0.1, 0.15) is 41.5 Å². The van der Waals surface area contributed by atoms with Gasteiger partial charge >= 0.3 is 0 Å². The van der Waals surface area contributed by atoms with Gasteiger partial charge in [-0.05, 0) is 38.4 Å². The van der Waals surface area contributed by atoms with E-state index in [0.717, 1.165) is 54.4 Å². The molecule has 9 nitrogen and oxygen atoms in total. The lowest BCUT2D eigenvalue weighted by molar-refractivity contribution is 0.239. The first kappa shape index (κ1) is 19.8. The fourth-order valence-electron chi connectivity index (χ4n) is 3.93. The molecule has 1 aliphatic heterocycles. The smallest absolute Gasteiger partial charge is 0.216 e. The number of hydrogen-bond donors (Lipinski definition) is 1. The van der Waals surface area contributed by atoms with Crippen LogP contribution in [0.3, 0.4) is 0 Å². The third-order valence-electron chi connectivity index (χ3n) is 5.37. The molecule has 30 heavy (non-hydrogen) atoms. The standard InChI is InChI=1S/C21H24N8O/c1-14-17(21(30-3)28(2)27-14)13-29-8-4-5-19(29)18-11-25-20(12-24-18)26-16-7-6-15(9-22)23-10-16/h6-7,10-12,19H,4-5,8,13H2,1-3H3,(H,25,26). The molecule has 4 heterocycles. The summed E-state index contributed by atoms with van der Waals surface area (Å²) in [6.45, 7) is 3.79. The van der Waals surface area contributed by atoms with Crippen molar-refractivity contribution in [2.45, 2.75) is 32.4 Å². The van der Waals surface area contributed by atoms with Crippen LogP contribution in [0, 0.1) is 18.3 Å². The Labute approximate surface area is 175 Å². The SMILES string of the molecule is COc1c(CN2CCCC2c2cnc(Nc3ccc(C#N)nc3)cn2)c(C)nn1C. The van der Waals surface area contributed by atoms with Gasteiger partial charge in [0.15, 0.2) is 0 Å². The molecule has 154 valence electrons. The number of aryl methyl sites for hydroxylation is 2. The summed E-state index contributed by atoms with van der Waals surface area (Å²) in [6, 6.07) is 5.68. The van der Waals surface area contributed by atoms with Gasteiger partial charge in [-0.25, -0.2) is 14.6 Å². The minimum Gasteiger partial charge on any atom is -0.481 e. The van der Waals surface area contributed by atoms with Crippen molar-refractivity contribution in [3.8, 4) is 11.9 Å². The quantitative estimate of drug-likeness (QED) is 0.669. The number of aromatic nitrogens is 5. The molecular formula is C21H24N8O. The highest BCUT2D eigenvalue weighted by atomic mass is 16.5. The zero-order valence-electron chi connectivity index (χ0n) is 17.3. The number of nitrogens with one attached hydrogen (secondary N) is 1. The van der Waals surface area contributed by atoms with Crippen LogP contribution in [-0.4, -0.2) is 43.3 Å². The van der Waals surface area contributed by atoms with Crippen molar-refractivity contribution >= 4 is 11.5 Å². The third-order valence-corrected chi connectivity index (χ3v) is 5.37. The van der Waals surface area contributed by atoms with Crippen LogP contribution in [0.15, 0.2) is 30.7 Å². The van der Waals surface area contributed by atoms with Crippen LogP contribution in [0.4, 0.5) is 11.5 Å². The Kier molecular flexibility index (Phi) is 5.59. The van der Waals surface area contributed by atoms with E-state index in [1.807, 2.05) is 26.2 Å². The van der Waals surface area contributed by atoms with E-state index < -0.39 is 0 Å². The highest BCUT2D eigenvalue weighted by Gasteiger charge is 2.29. The monoisotopic (exact) mass is 404 g/mol. The molecule has 0 bridgehead atoms. The first-order chi connectivity index (χ1) is 14.6. The van der Waals surface area contributed by atoms with E-state index in [2.05, 4.69) is 30.3 Å². The average Bonchev–Trinajstić information content (AvgIpc) is 3.33. The third kappa shape index (κ3) is 3.95. The van der Waals surface area contributed by atoms with Crippen LogP contribution < -0.4 is 10.1 Å². The molecule has 1 aliphatic rings. The number of rotatable bonds is 6. The summed E-state index contributed by atoms with van der Waals surface area (Å²) in [5, 5.41) is 16.5. The van der Waals surface area contributed by atoms with E-state index in [1.165, 1.54) is 0 Å². The van der Waals surface area contributed by atoms with Crippen LogP contribution in [0.2, 0.25) is 0 Å². The Morgan fingerprint density at radius 2 is 2.10 bits per heavy atom. The summed E-state index contributed by atoms with van der Waals surface area (Å²) in [5.41, 5.74) is 4.20. The maximum absolute atomic E-state index is 8.84. The lowest BCUT2D eigenvalue weighted by Gasteiger charge is -2.24. The first-order valence-electron chi connectivity index (χ1n) is 9.84. The Morgan fingerprint density at radius 1 is 1.23 bits per heavy atom. The van der Waals surface area contributed by atoms with Gasteiger partial charge < -0.3 is 10.1 Å². The van der Waals surface area contributed by atoms with Gasteiger partial charge in [0.2, 0.25) is 5.88 Å². The molecule has 1 unspecified atom stereocenters. The summed E-state index contributed by atoms with van der Waals surface area (Å²) < 4.78 is 7.34. The zero-order chi connectivity index (χ0) is 21.1. The molecule has 0 spiro atoms. The highest BCUT2D eigenvalue weighted by molar-refractivity contribution is 5.54. The lowest BCUT2D eigenvalue weighted by Crippen LogP contribution is -2.24. The molecule has 3 aromatic rings. The largest absolute Gasteiger partial charge is 0.481 e. The number of likely N-dealkylation sites (tertiary alicyclic amines) is 1. The zero-order valence-corrected chi connectivity index (χ0v) is 17.3.